The second-order valence-corrected chi connectivity index (χ2v) is 5.14. The Kier molecular flexibility index (Phi) is 3.28. The van der Waals surface area contributed by atoms with E-state index >= 15 is 0 Å². The monoisotopic (exact) mass is 248 g/mol. The van der Waals surface area contributed by atoms with Crippen LogP contribution in [0.4, 0.5) is 0 Å². The van der Waals surface area contributed by atoms with Gasteiger partial charge in [-0.2, -0.15) is 0 Å². The third-order valence-electron chi connectivity index (χ3n) is 1.37. The van der Waals surface area contributed by atoms with Crippen LogP contribution in [0.25, 0.3) is 0 Å². The molecule has 1 aromatic heterocycles. The van der Waals surface area contributed by atoms with E-state index in [2.05, 4.69) is 0 Å². The van der Waals surface area contributed by atoms with Crippen LogP contribution in [-0.2, 0) is 22.4 Å². The number of carboxylic acid groups (broad SMARTS) is 2. The molecule has 4 nitrogen and oxygen atoms in total. The standard InChI is InChI=1S/C8H8O4Se/c9-7(10)3-5-1-2-6(13-5)4-8(11)12/h1-2H,3-4H2,(H,9,10)(H,11,12). The van der Waals surface area contributed by atoms with Crippen LogP contribution in [-0.4, -0.2) is 36.7 Å². The molecule has 0 aliphatic rings. The van der Waals surface area contributed by atoms with Crippen LogP contribution < -0.4 is 0 Å². The zero-order chi connectivity index (χ0) is 9.84. The number of hydrogen-bond donors (Lipinski definition) is 2. The molecule has 0 bridgehead atoms. The predicted octanol–water partition coefficient (Wildman–Crippen LogP) is -0.00220. The average Bonchev–Trinajstić information content (AvgIpc) is 2.33. The minimum absolute atomic E-state index is 0.0274. The van der Waals surface area contributed by atoms with Crippen molar-refractivity contribution in [3.05, 3.63) is 21.0 Å². The van der Waals surface area contributed by atoms with Crippen molar-refractivity contribution >= 4 is 26.4 Å². The number of carbonyl (C=O) groups is 2. The molecule has 2 N–H and O–H groups in total. The van der Waals surface area contributed by atoms with Gasteiger partial charge in [-0.15, -0.1) is 0 Å². The van der Waals surface area contributed by atoms with Crippen molar-refractivity contribution in [1.82, 2.24) is 0 Å². The molecule has 0 saturated heterocycles. The van der Waals surface area contributed by atoms with Gasteiger partial charge in [0.2, 0.25) is 0 Å². The fourth-order valence-corrected chi connectivity index (χ4v) is 3.01. The molecule has 0 aromatic carbocycles. The van der Waals surface area contributed by atoms with E-state index in [9.17, 15) is 9.59 Å². The molecule has 0 atom stereocenters. The van der Waals surface area contributed by atoms with Crippen molar-refractivity contribution in [2.24, 2.45) is 0 Å². The van der Waals surface area contributed by atoms with Gasteiger partial charge >= 0.3 is 80.1 Å². The first-order valence-corrected chi connectivity index (χ1v) is 5.30. The Labute approximate surface area is 80.6 Å². The van der Waals surface area contributed by atoms with E-state index in [0.717, 1.165) is 8.87 Å². The summed E-state index contributed by atoms with van der Waals surface area (Å²) in [5.74, 6) is -1.73. The molecule has 5 heteroatoms. The number of rotatable bonds is 4. The summed E-state index contributed by atoms with van der Waals surface area (Å²) in [7, 11) is 0. The third kappa shape index (κ3) is 3.44. The molecule has 0 aliphatic heterocycles. The van der Waals surface area contributed by atoms with Gasteiger partial charge in [0.1, 0.15) is 0 Å². The Morgan fingerprint density at radius 1 is 1.08 bits per heavy atom. The molecule has 70 valence electrons. The van der Waals surface area contributed by atoms with Gasteiger partial charge in [0.15, 0.2) is 0 Å². The molecular weight excluding hydrogens is 239 g/mol. The van der Waals surface area contributed by atoms with Gasteiger partial charge < -0.3 is 0 Å². The van der Waals surface area contributed by atoms with E-state index in [-0.39, 0.29) is 27.3 Å². The van der Waals surface area contributed by atoms with Crippen molar-refractivity contribution in [2.45, 2.75) is 12.8 Å². The summed E-state index contributed by atoms with van der Waals surface area (Å²) in [6.45, 7) is 0. The first kappa shape index (κ1) is 10.0. The van der Waals surface area contributed by atoms with Gasteiger partial charge in [-0.3, -0.25) is 0 Å². The Bertz CT molecular complexity index is 298. The molecule has 0 radical (unpaired) electrons. The first-order valence-electron chi connectivity index (χ1n) is 3.59. The fourth-order valence-electron chi connectivity index (χ4n) is 0.910. The quantitative estimate of drug-likeness (QED) is 0.734. The molecule has 1 heterocycles. The molecule has 0 spiro atoms. The SMILES string of the molecule is O=C(O)Cc1ccc(CC(=O)O)[se]1. The van der Waals surface area contributed by atoms with Crippen LogP contribution in [0.3, 0.4) is 0 Å². The fraction of sp³-hybridized carbons (Fsp3) is 0.250. The van der Waals surface area contributed by atoms with Gasteiger partial charge in [0.25, 0.3) is 0 Å². The van der Waals surface area contributed by atoms with Crippen molar-refractivity contribution in [2.75, 3.05) is 0 Å². The van der Waals surface area contributed by atoms with Crippen molar-refractivity contribution < 1.29 is 19.8 Å². The molecule has 0 amide bonds. The summed E-state index contributed by atoms with van der Waals surface area (Å²) < 4.78 is 1.66. The van der Waals surface area contributed by atoms with Crippen molar-refractivity contribution in [3.63, 3.8) is 0 Å². The maximum absolute atomic E-state index is 10.3. The van der Waals surface area contributed by atoms with Gasteiger partial charge in [0, 0.05) is 0 Å². The number of aliphatic carboxylic acids is 2. The van der Waals surface area contributed by atoms with Crippen LogP contribution in [0.15, 0.2) is 12.1 Å². The van der Waals surface area contributed by atoms with E-state index < -0.39 is 11.9 Å². The summed E-state index contributed by atoms with van der Waals surface area (Å²) in [6, 6.07) is 3.43. The molecule has 13 heavy (non-hydrogen) atoms. The minimum atomic E-state index is -0.863. The summed E-state index contributed by atoms with van der Waals surface area (Å²) in [4.78, 5) is 20.6. The number of carboxylic acids is 2. The van der Waals surface area contributed by atoms with Gasteiger partial charge in [-0.05, 0) is 0 Å². The molecule has 0 unspecified atom stereocenters. The van der Waals surface area contributed by atoms with Crippen LogP contribution in [0.1, 0.15) is 8.87 Å². The normalized spacial score (nSPS) is 9.85. The summed E-state index contributed by atoms with van der Waals surface area (Å²) in [5, 5.41) is 16.9. The second-order valence-electron chi connectivity index (χ2n) is 2.51. The zero-order valence-corrected chi connectivity index (χ0v) is 8.40. The van der Waals surface area contributed by atoms with Crippen LogP contribution in [0.5, 0.6) is 0 Å². The van der Waals surface area contributed by atoms with E-state index in [1.807, 2.05) is 0 Å². The molecule has 1 aromatic rings. The maximum atomic E-state index is 10.3. The molecule has 0 fully saturated rings. The molecule has 1 rings (SSSR count). The zero-order valence-electron chi connectivity index (χ0n) is 6.69. The number of hydrogen-bond acceptors (Lipinski definition) is 2. The van der Waals surface area contributed by atoms with Crippen molar-refractivity contribution in [3.8, 4) is 0 Å². The Balaban J connectivity index is 2.63. The second kappa shape index (κ2) is 4.25. The Morgan fingerprint density at radius 2 is 1.46 bits per heavy atom. The molecule has 0 saturated carbocycles. The van der Waals surface area contributed by atoms with E-state index in [1.165, 1.54) is 0 Å². The van der Waals surface area contributed by atoms with Crippen LogP contribution >= 0.6 is 0 Å². The summed E-state index contributed by atoms with van der Waals surface area (Å²) in [6.07, 6.45) is 0.0548. The van der Waals surface area contributed by atoms with Crippen LogP contribution in [0.2, 0.25) is 0 Å². The first-order chi connectivity index (χ1) is 6.08. The van der Waals surface area contributed by atoms with E-state index in [4.69, 9.17) is 10.2 Å². The van der Waals surface area contributed by atoms with Crippen molar-refractivity contribution in [1.29, 1.82) is 0 Å². The Morgan fingerprint density at radius 3 is 1.77 bits per heavy atom. The molecular formula is C8H8O4Se. The summed E-state index contributed by atoms with van der Waals surface area (Å²) >= 11 is -0.0726. The average molecular weight is 247 g/mol. The predicted molar refractivity (Wildman–Crippen MR) is 46.1 cm³/mol. The van der Waals surface area contributed by atoms with Gasteiger partial charge in [-0.25, -0.2) is 0 Å². The molecule has 0 aliphatic carbocycles. The van der Waals surface area contributed by atoms with E-state index in [1.54, 1.807) is 12.1 Å². The van der Waals surface area contributed by atoms with Gasteiger partial charge in [-0.1, -0.05) is 0 Å². The van der Waals surface area contributed by atoms with E-state index in [0.29, 0.717) is 0 Å². The summed E-state index contributed by atoms with van der Waals surface area (Å²) in [5.41, 5.74) is 0. The Hall–Kier alpha value is -1.06. The third-order valence-corrected chi connectivity index (χ3v) is 3.65. The topological polar surface area (TPSA) is 74.6 Å². The van der Waals surface area contributed by atoms with Gasteiger partial charge in [0.05, 0.1) is 0 Å². The van der Waals surface area contributed by atoms with Crippen LogP contribution in [0, 0.1) is 0 Å².